The lowest BCUT2D eigenvalue weighted by Crippen LogP contribution is -2.01. The fourth-order valence-electron chi connectivity index (χ4n) is 1.91. The van der Waals surface area contributed by atoms with Crippen LogP contribution in [0.4, 0.5) is 0 Å². The molecule has 1 unspecified atom stereocenters. The van der Waals surface area contributed by atoms with Gasteiger partial charge in [-0.3, -0.25) is 0 Å². The van der Waals surface area contributed by atoms with E-state index in [0.717, 1.165) is 29.2 Å². The van der Waals surface area contributed by atoms with Crippen LogP contribution in [0.2, 0.25) is 0 Å². The number of epoxide rings is 1. The van der Waals surface area contributed by atoms with Crippen molar-refractivity contribution >= 4 is 11.6 Å². The van der Waals surface area contributed by atoms with Gasteiger partial charge in [0.25, 0.3) is 0 Å². The highest BCUT2D eigenvalue weighted by Crippen LogP contribution is 2.14. The largest absolute Gasteiger partial charge is 0.497 e. The number of methoxy groups -OCH3 is 2. The molecule has 0 spiro atoms. The summed E-state index contributed by atoms with van der Waals surface area (Å²) in [5.41, 5.74) is 2.27. The Morgan fingerprint density at radius 1 is 0.917 bits per heavy atom. The molecule has 5 heteroatoms. The lowest BCUT2D eigenvalue weighted by molar-refractivity contribution is 0.104. The third-order valence-corrected chi connectivity index (χ3v) is 3.76. The average molecular weight is 351 g/mol. The molecule has 2 aromatic rings. The van der Waals surface area contributed by atoms with Crippen LogP contribution in [0.15, 0.2) is 48.5 Å². The number of rotatable bonds is 7. The molecule has 2 aromatic carbocycles. The quantitative estimate of drug-likeness (QED) is 0.558. The van der Waals surface area contributed by atoms with E-state index in [4.69, 9.17) is 30.5 Å². The van der Waals surface area contributed by atoms with Crippen LogP contribution < -0.4 is 9.47 Å². The van der Waals surface area contributed by atoms with E-state index < -0.39 is 0 Å². The molecular formula is C19H23ClO4. The van der Waals surface area contributed by atoms with Crippen LogP contribution in [-0.2, 0) is 22.0 Å². The Bertz CT molecular complexity index is 556. The zero-order valence-corrected chi connectivity index (χ0v) is 14.8. The van der Waals surface area contributed by atoms with Crippen molar-refractivity contribution in [2.45, 2.75) is 18.6 Å². The maximum Gasteiger partial charge on any atom is 0.118 e. The first-order valence-corrected chi connectivity index (χ1v) is 8.29. The second-order valence-corrected chi connectivity index (χ2v) is 5.57. The van der Waals surface area contributed by atoms with Crippen molar-refractivity contribution in [3.63, 3.8) is 0 Å². The fourth-order valence-corrected chi connectivity index (χ4v) is 2.09. The van der Waals surface area contributed by atoms with Crippen molar-refractivity contribution < 1.29 is 18.9 Å². The van der Waals surface area contributed by atoms with Crippen LogP contribution >= 0.6 is 11.6 Å². The zero-order chi connectivity index (χ0) is 17.2. The lowest BCUT2D eigenvalue weighted by Gasteiger charge is -2.03. The number of benzene rings is 2. The van der Waals surface area contributed by atoms with Crippen LogP contribution in [0.1, 0.15) is 11.1 Å². The molecule has 1 saturated heterocycles. The molecule has 1 aliphatic rings. The molecule has 1 atom stereocenters. The molecule has 130 valence electrons. The fraction of sp³-hybridized carbons (Fsp3) is 0.368. The smallest absolute Gasteiger partial charge is 0.118 e. The summed E-state index contributed by atoms with van der Waals surface area (Å²) in [6, 6.07) is 15.6. The molecule has 0 saturated carbocycles. The molecule has 0 amide bonds. The van der Waals surface area contributed by atoms with Gasteiger partial charge in [-0.15, -0.1) is 11.6 Å². The number of hydrogen-bond donors (Lipinski definition) is 0. The van der Waals surface area contributed by atoms with Crippen LogP contribution in [0.5, 0.6) is 11.5 Å². The predicted molar refractivity (Wildman–Crippen MR) is 94.9 cm³/mol. The summed E-state index contributed by atoms with van der Waals surface area (Å²) in [6.45, 7) is 2.19. The number of ether oxygens (including phenoxy) is 4. The molecule has 0 aliphatic carbocycles. The molecule has 0 aromatic heterocycles. The van der Waals surface area contributed by atoms with Gasteiger partial charge in [-0.2, -0.15) is 0 Å². The molecule has 4 nitrogen and oxygen atoms in total. The minimum atomic E-state index is 0.341. The molecule has 1 fully saturated rings. The summed E-state index contributed by atoms with van der Waals surface area (Å²) in [4.78, 5) is 0. The van der Waals surface area contributed by atoms with Crippen LogP contribution in [0.3, 0.4) is 0 Å². The maximum absolute atomic E-state index is 5.58. The highest BCUT2D eigenvalue weighted by Gasteiger charge is 2.22. The van der Waals surface area contributed by atoms with E-state index in [0.29, 0.717) is 25.2 Å². The normalized spacial score (nSPS) is 15.2. The molecule has 1 aliphatic heterocycles. The standard InChI is InChI=1S/C11H14O3.C8H9ClO/c1-12-10-4-2-9(3-5-10)6-13-7-11-8-14-11;1-10-8-4-2-7(6-9)3-5-8/h2-5,11H,6-8H2,1H3;2-5H,6H2,1H3. The number of hydrogen-bond acceptors (Lipinski definition) is 4. The van der Waals surface area contributed by atoms with Gasteiger partial charge < -0.3 is 18.9 Å². The minimum absolute atomic E-state index is 0.341. The topological polar surface area (TPSA) is 40.2 Å². The van der Waals surface area contributed by atoms with E-state index in [1.165, 1.54) is 0 Å². The summed E-state index contributed by atoms with van der Waals surface area (Å²) < 4.78 is 20.5. The molecule has 3 rings (SSSR count). The van der Waals surface area contributed by atoms with Gasteiger partial charge >= 0.3 is 0 Å². The second-order valence-electron chi connectivity index (χ2n) is 5.30. The Hall–Kier alpha value is -1.75. The monoisotopic (exact) mass is 350 g/mol. The van der Waals surface area contributed by atoms with Gasteiger partial charge in [0.15, 0.2) is 0 Å². The molecular weight excluding hydrogens is 328 g/mol. The van der Waals surface area contributed by atoms with Crippen molar-refractivity contribution in [2.75, 3.05) is 27.4 Å². The van der Waals surface area contributed by atoms with Gasteiger partial charge in [0.1, 0.15) is 17.6 Å². The number of alkyl halides is 1. The van der Waals surface area contributed by atoms with Crippen molar-refractivity contribution in [3.05, 3.63) is 59.7 Å². The summed E-state index contributed by atoms with van der Waals surface area (Å²) >= 11 is 5.58. The Morgan fingerprint density at radius 3 is 1.83 bits per heavy atom. The van der Waals surface area contributed by atoms with Crippen molar-refractivity contribution in [3.8, 4) is 11.5 Å². The Morgan fingerprint density at radius 2 is 1.42 bits per heavy atom. The SMILES string of the molecule is COc1ccc(CCl)cc1.COc1ccc(COCC2CO2)cc1. The van der Waals surface area contributed by atoms with Crippen LogP contribution in [0, 0.1) is 0 Å². The molecule has 0 N–H and O–H groups in total. The molecule has 0 bridgehead atoms. The third kappa shape index (κ3) is 6.79. The number of halogens is 1. The van der Waals surface area contributed by atoms with Gasteiger partial charge in [0.05, 0.1) is 34.0 Å². The van der Waals surface area contributed by atoms with Gasteiger partial charge in [0, 0.05) is 5.88 Å². The predicted octanol–water partition coefficient (Wildman–Crippen LogP) is 4.04. The van der Waals surface area contributed by atoms with Crippen molar-refractivity contribution in [1.29, 1.82) is 0 Å². The van der Waals surface area contributed by atoms with Crippen molar-refractivity contribution in [1.82, 2.24) is 0 Å². The summed E-state index contributed by atoms with van der Waals surface area (Å²) in [6.07, 6.45) is 0.341. The molecule has 1 heterocycles. The van der Waals surface area contributed by atoms with E-state index in [9.17, 15) is 0 Å². The van der Waals surface area contributed by atoms with Gasteiger partial charge in [-0.1, -0.05) is 24.3 Å². The lowest BCUT2D eigenvalue weighted by atomic mass is 10.2. The van der Waals surface area contributed by atoms with E-state index in [2.05, 4.69) is 0 Å². The first-order chi connectivity index (χ1) is 11.7. The Labute approximate surface area is 148 Å². The summed E-state index contributed by atoms with van der Waals surface area (Å²) in [7, 11) is 3.31. The molecule has 0 radical (unpaired) electrons. The van der Waals surface area contributed by atoms with Gasteiger partial charge in [-0.05, 0) is 35.4 Å². The summed E-state index contributed by atoms with van der Waals surface area (Å²) in [5.74, 6) is 2.30. The van der Waals surface area contributed by atoms with Crippen LogP contribution in [-0.4, -0.2) is 33.5 Å². The summed E-state index contributed by atoms with van der Waals surface area (Å²) in [5, 5.41) is 0. The van der Waals surface area contributed by atoms with Crippen LogP contribution in [0.25, 0.3) is 0 Å². The van der Waals surface area contributed by atoms with Gasteiger partial charge in [-0.25, -0.2) is 0 Å². The highest BCUT2D eigenvalue weighted by atomic mass is 35.5. The van der Waals surface area contributed by atoms with E-state index in [1.807, 2.05) is 48.5 Å². The third-order valence-electron chi connectivity index (χ3n) is 3.45. The van der Waals surface area contributed by atoms with E-state index in [1.54, 1.807) is 14.2 Å². The maximum atomic E-state index is 5.58. The first-order valence-electron chi connectivity index (χ1n) is 7.76. The zero-order valence-electron chi connectivity index (χ0n) is 14.0. The second kappa shape index (κ2) is 10.2. The highest BCUT2D eigenvalue weighted by molar-refractivity contribution is 6.17. The van der Waals surface area contributed by atoms with E-state index >= 15 is 0 Å². The molecule has 24 heavy (non-hydrogen) atoms. The van der Waals surface area contributed by atoms with E-state index in [-0.39, 0.29) is 0 Å². The minimum Gasteiger partial charge on any atom is -0.497 e. The van der Waals surface area contributed by atoms with Gasteiger partial charge in [0.2, 0.25) is 0 Å². The first kappa shape index (κ1) is 18.6. The Kier molecular flexibility index (Phi) is 7.89. The van der Waals surface area contributed by atoms with Crippen molar-refractivity contribution in [2.24, 2.45) is 0 Å². The Balaban J connectivity index is 0.000000185. The average Bonchev–Trinajstić information content (AvgIpc) is 3.47.